The van der Waals surface area contributed by atoms with Gasteiger partial charge in [-0.25, -0.2) is 4.98 Å². The number of nitrogens with one attached hydrogen (secondary N) is 1. The van der Waals surface area contributed by atoms with Crippen molar-refractivity contribution >= 4 is 11.9 Å². The summed E-state index contributed by atoms with van der Waals surface area (Å²) in [5.41, 5.74) is 0. The molecule has 0 saturated heterocycles. The molecular weight excluding hydrogens is 184 g/mol. The van der Waals surface area contributed by atoms with Gasteiger partial charge in [0.2, 0.25) is 0 Å². The SMILES string of the molecule is CCC1CNSc2ncccc2O1. The summed E-state index contributed by atoms with van der Waals surface area (Å²) in [5, 5.41) is 0.929. The number of hydrogen-bond donors (Lipinski definition) is 1. The molecule has 4 heteroatoms. The van der Waals surface area contributed by atoms with Crippen molar-refractivity contribution in [2.24, 2.45) is 0 Å². The minimum absolute atomic E-state index is 0.262. The monoisotopic (exact) mass is 196 g/mol. The van der Waals surface area contributed by atoms with Crippen molar-refractivity contribution in [3.8, 4) is 5.75 Å². The summed E-state index contributed by atoms with van der Waals surface area (Å²) in [6.07, 6.45) is 3.06. The molecule has 1 unspecified atom stereocenters. The summed E-state index contributed by atoms with van der Waals surface area (Å²) in [6.45, 7) is 3.00. The third-order valence-electron chi connectivity index (χ3n) is 1.97. The number of ether oxygens (including phenoxy) is 1. The zero-order chi connectivity index (χ0) is 9.10. The standard InChI is InChI=1S/C9H12N2OS/c1-2-7-6-11-13-9-8(12-7)4-3-5-10-9/h3-5,7,11H,2,6H2,1H3. The van der Waals surface area contributed by atoms with Gasteiger partial charge in [0.1, 0.15) is 6.10 Å². The lowest BCUT2D eigenvalue weighted by Crippen LogP contribution is -2.25. The Morgan fingerprint density at radius 3 is 3.54 bits per heavy atom. The molecule has 70 valence electrons. The lowest BCUT2D eigenvalue weighted by Gasteiger charge is -2.13. The molecule has 0 aliphatic carbocycles. The Morgan fingerprint density at radius 1 is 1.77 bits per heavy atom. The molecule has 1 aliphatic heterocycles. The topological polar surface area (TPSA) is 34.2 Å². The zero-order valence-corrected chi connectivity index (χ0v) is 8.30. The van der Waals surface area contributed by atoms with E-state index in [-0.39, 0.29) is 6.10 Å². The van der Waals surface area contributed by atoms with Crippen LogP contribution >= 0.6 is 11.9 Å². The van der Waals surface area contributed by atoms with Crippen LogP contribution in [0.2, 0.25) is 0 Å². The van der Waals surface area contributed by atoms with Gasteiger partial charge in [-0.15, -0.1) is 0 Å². The molecule has 2 heterocycles. The molecule has 3 nitrogen and oxygen atoms in total. The van der Waals surface area contributed by atoms with Crippen LogP contribution in [0.15, 0.2) is 23.4 Å². The number of fused-ring (bicyclic) bond motifs is 1. The molecule has 1 aromatic heterocycles. The van der Waals surface area contributed by atoms with Gasteiger partial charge in [-0.2, -0.15) is 0 Å². The van der Waals surface area contributed by atoms with E-state index in [1.807, 2.05) is 12.1 Å². The molecule has 0 radical (unpaired) electrons. The van der Waals surface area contributed by atoms with E-state index in [2.05, 4.69) is 16.6 Å². The van der Waals surface area contributed by atoms with Crippen molar-refractivity contribution in [3.05, 3.63) is 18.3 Å². The molecular formula is C9H12N2OS. The number of pyridine rings is 1. The first-order chi connectivity index (χ1) is 6.40. The van der Waals surface area contributed by atoms with E-state index < -0.39 is 0 Å². The highest BCUT2D eigenvalue weighted by atomic mass is 32.2. The first-order valence-electron chi connectivity index (χ1n) is 4.41. The second-order valence-corrected chi connectivity index (χ2v) is 3.78. The van der Waals surface area contributed by atoms with Crippen LogP contribution in [-0.4, -0.2) is 17.6 Å². The lowest BCUT2D eigenvalue weighted by molar-refractivity contribution is 0.199. The molecule has 0 spiro atoms. The number of aromatic nitrogens is 1. The van der Waals surface area contributed by atoms with Crippen LogP contribution in [0.5, 0.6) is 5.75 Å². The van der Waals surface area contributed by atoms with E-state index >= 15 is 0 Å². The third-order valence-corrected chi connectivity index (χ3v) is 2.78. The summed E-state index contributed by atoms with van der Waals surface area (Å²) in [5.74, 6) is 0.893. The van der Waals surface area contributed by atoms with Crippen molar-refractivity contribution in [2.75, 3.05) is 6.54 Å². The number of nitrogens with zero attached hydrogens (tertiary/aromatic N) is 1. The summed E-state index contributed by atoms with van der Waals surface area (Å²) < 4.78 is 8.99. The van der Waals surface area contributed by atoms with Gasteiger partial charge in [-0.3, -0.25) is 4.72 Å². The van der Waals surface area contributed by atoms with E-state index in [4.69, 9.17) is 4.74 Å². The van der Waals surface area contributed by atoms with Gasteiger partial charge in [-0.1, -0.05) is 6.92 Å². The van der Waals surface area contributed by atoms with Gasteiger partial charge >= 0.3 is 0 Å². The normalized spacial score (nSPS) is 21.5. The maximum Gasteiger partial charge on any atom is 0.153 e. The van der Waals surface area contributed by atoms with Gasteiger partial charge < -0.3 is 4.74 Å². The smallest absolute Gasteiger partial charge is 0.153 e. The maximum atomic E-state index is 5.76. The van der Waals surface area contributed by atoms with Crippen molar-refractivity contribution in [3.63, 3.8) is 0 Å². The van der Waals surface area contributed by atoms with Gasteiger partial charge in [-0.05, 0) is 30.5 Å². The summed E-state index contributed by atoms with van der Waals surface area (Å²) in [6, 6.07) is 3.86. The Bertz CT molecular complexity index is 293. The highest BCUT2D eigenvalue weighted by Crippen LogP contribution is 2.28. The Balaban J connectivity index is 2.23. The van der Waals surface area contributed by atoms with Crippen molar-refractivity contribution < 1.29 is 4.74 Å². The zero-order valence-electron chi connectivity index (χ0n) is 7.49. The van der Waals surface area contributed by atoms with Crippen molar-refractivity contribution in [2.45, 2.75) is 24.5 Å². The molecule has 13 heavy (non-hydrogen) atoms. The molecule has 1 atom stereocenters. The van der Waals surface area contributed by atoms with E-state index in [1.165, 1.54) is 0 Å². The second-order valence-electron chi connectivity index (χ2n) is 2.91. The molecule has 0 amide bonds. The average molecular weight is 196 g/mol. The first-order valence-corrected chi connectivity index (χ1v) is 5.23. The van der Waals surface area contributed by atoms with Crippen LogP contribution in [0.4, 0.5) is 0 Å². The Kier molecular flexibility index (Phi) is 2.71. The fourth-order valence-electron chi connectivity index (χ4n) is 1.19. The highest BCUT2D eigenvalue weighted by Gasteiger charge is 2.16. The van der Waals surface area contributed by atoms with Crippen molar-refractivity contribution in [1.29, 1.82) is 0 Å². The van der Waals surface area contributed by atoms with E-state index in [9.17, 15) is 0 Å². The van der Waals surface area contributed by atoms with Gasteiger partial charge in [0.05, 0.1) is 0 Å². The maximum absolute atomic E-state index is 5.76. The van der Waals surface area contributed by atoms with Gasteiger partial charge in [0.15, 0.2) is 10.8 Å². The molecule has 0 aromatic carbocycles. The Morgan fingerprint density at radius 2 is 2.69 bits per heavy atom. The lowest BCUT2D eigenvalue weighted by atomic mass is 10.3. The predicted molar refractivity (Wildman–Crippen MR) is 52.8 cm³/mol. The Labute approximate surface area is 82.0 Å². The van der Waals surface area contributed by atoms with Gasteiger partial charge in [0, 0.05) is 12.7 Å². The average Bonchev–Trinajstić information content (AvgIpc) is 2.38. The highest BCUT2D eigenvalue weighted by molar-refractivity contribution is 7.97. The van der Waals surface area contributed by atoms with Crippen LogP contribution in [0.25, 0.3) is 0 Å². The molecule has 0 fully saturated rings. The van der Waals surface area contributed by atoms with E-state index in [0.717, 1.165) is 23.7 Å². The van der Waals surface area contributed by atoms with Gasteiger partial charge in [0.25, 0.3) is 0 Å². The fraction of sp³-hybridized carbons (Fsp3) is 0.444. The fourth-order valence-corrected chi connectivity index (χ4v) is 1.93. The predicted octanol–water partition coefficient (Wildman–Crippen LogP) is 1.85. The molecule has 0 bridgehead atoms. The van der Waals surface area contributed by atoms with Crippen LogP contribution in [-0.2, 0) is 0 Å². The number of hydrogen-bond acceptors (Lipinski definition) is 4. The quantitative estimate of drug-likeness (QED) is 0.695. The molecule has 2 rings (SSSR count). The summed E-state index contributed by atoms with van der Waals surface area (Å²) in [4.78, 5) is 4.22. The van der Waals surface area contributed by atoms with Crippen LogP contribution < -0.4 is 9.46 Å². The molecule has 0 saturated carbocycles. The van der Waals surface area contributed by atoms with Crippen LogP contribution in [0, 0.1) is 0 Å². The second kappa shape index (κ2) is 3.98. The summed E-state index contributed by atoms with van der Waals surface area (Å²) >= 11 is 1.54. The molecule has 1 N–H and O–H groups in total. The van der Waals surface area contributed by atoms with E-state index in [1.54, 1.807) is 18.1 Å². The largest absolute Gasteiger partial charge is 0.486 e. The Hall–Kier alpha value is -0.740. The minimum Gasteiger partial charge on any atom is -0.486 e. The van der Waals surface area contributed by atoms with Crippen molar-refractivity contribution in [1.82, 2.24) is 9.71 Å². The molecule has 1 aliphatic rings. The number of rotatable bonds is 1. The first kappa shape index (κ1) is 8.84. The van der Waals surface area contributed by atoms with Crippen LogP contribution in [0.3, 0.4) is 0 Å². The molecule has 1 aromatic rings. The third kappa shape index (κ3) is 1.95. The summed E-state index contributed by atoms with van der Waals surface area (Å²) in [7, 11) is 0. The van der Waals surface area contributed by atoms with E-state index in [0.29, 0.717) is 0 Å². The minimum atomic E-state index is 0.262. The van der Waals surface area contributed by atoms with Crippen LogP contribution in [0.1, 0.15) is 13.3 Å².